The lowest BCUT2D eigenvalue weighted by atomic mass is 9.97. The number of carbonyl (C=O) groups is 1. The van der Waals surface area contributed by atoms with E-state index in [9.17, 15) is 45.6 Å². The number of hydrogen-bond acceptors (Lipinski definition) is 13. The molecule has 2 rings (SSSR count). The first-order chi connectivity index (χ1) is 38.6. The van der Waals surface area contributed by atoms with Gasteiger partial charge in [-0.3, -0.25) is 4.79 Å². The second-order valence-corrected chi connectivity index (χ2v) is 24.0. The first-order valence-electron chi connectivity index (χ1n) is 33.4. The largest absolute Gasteiger partial charge is 0.394 e. The summed E-state index contributed by atoms with van der Waals surface area (Å²) >= 11 is 0. The molecule has 2 saturated heterocycles. The highest BCUT2D eigenvalue weighted by molar-refractivity contribution is 5.76. The predicted molar refractivity (Wildman–Crippen MR) is 319 cm³/mol. The standard InChI is InChI=1S/C65H125NO13/c1-3-5-7-9-11-13-15-17-18-19-20-21-22-23-24-25-26-27-28-29-30-31-32-33-34-35-37-39-41-43-45-47-49-57(70)66-53(54(69)48-46-44-42-40-38-36-16-14-12-10-8-6-4-2)52-76-64-62(75)60(73)63(56(51-68)78-64)79-65-61(74)59(72)58(71)55(50-67)77-65/h46,48,53-56,58-65,67-69,71-75H,3-45,47,49-52H2,1-2H3,(H,66,70)/b48-46+. The summed E-state index contributed by atoms with van der Waals surface area (Å²) in [5.74, 6) is -0.233. The Kier molecular flexibility index (Phi) is 47.8. The molecule has 0 radical (unpaired) electrons. The third kappa shape index (κ3) is 36.2. The summed E-state index contributed by atoms with van der Waals surface area (Å²) in [6, 6.07) is -0.909. The summed E-state index contributed by atoms with van der Waals surface area (Å²) in [5.41, 5.74) is 0. The van der Waals surface area contributed by atoms with Gasteiger partial charge in [0.2, 0.25) is 5.91 Å². The van der Waals surface area contributed by atoms with Crippen molar-refractivity contribution in [2.24, 2.45) is 0 Å². The lowest BCUT2D eigenvalue weighted by Crippen LogP contribution is -2.65. The zero-order chi connectivity index (χ0) is 57.4. The molecule has 0 spiro atoms. The van der Waals surface area contributed by atoms with Gasteiger partial charge in [0, 0.05) is 6.42 Å². The molecule has 2 heterocycles. The Morgan fingerprint density at radius 2 is 0.785 bits per heavy atom. The van der Waals surface area contributed by atoms with Crippen molar-refractivity contribution >= 4 is 5.91 Å². The zero-order valence-electron chi connectivity index (χ0n) is 50.6. The molecule has 0 bridgehead atoms. The van der Waals surface area contributed by atoms with Crippen LogP contribution in [0.15, 0.2) is 12.2 Å². The number of nitrogens with one attached hydrogen (secondary N) is 1. The van der Waals surface area contributed by atoms with Crippen LogP contribution in [0.25, 0.3) is 0 Å². The molecule has 1 amide bonds. The Hall–Kier alpha value is -1.27. The predicted octanol–water partition coefficient (Wildman–Crippen LogP) is 12.6. The van der Waals surface area contributed by atoms with E-state index in [0.29, 0.717) is 6.42 Å². The van der Waals surface area contributed by atoms with Crippen LogP contribution in [-0.4, -0.2) is 140 Å². The van der Waals surface area contributed by atoms with E-state index in [1.54, 1.807) is 6.08 Å². The van der Waals surface area contributed by atoms with Crippen molar-refractivity contribution in [3.8, 4) is 0 Å². The third-order valence-electron chi connectivity index (χ3n) is 16.7. The SMILES string of the molecule is CCCCCCCCCCCCC/C=C/C(O)C(COC1OC(CO)C(OC2OC(CO)C(O)C(O)C2O)C(O)C1O)NC(=O)CCCCCCCCCCCCCCCCCCCCCCCCCCCCCCCCCC. The second kappa shape index (κ2) is 51.2. The minimum absolute atomic E-state index is 0.233. The average Bonchev–Trinajstić information content (AvgIpc) is 3.45. The van der Waals surface area contributed by atoms with Crippen LogP contribution >= 0.6 is 0 Å². The van der Waals surface area contributed by atoms with Crippen LogP contribution in [-0.2, 0) is 23.7 Å². The Labute approximate surface area is 482 Å². The van der Waals surface area contributed by atoms with Crippen molar-refractivity contribution in [2.45, 2.75) is 376 Å². The topological polar surface area (TPSA) is 228 Å². The molecule has 0 aromatic rings. The molecule has 0 aliphatic carbocycles. The van der Waals surface area contributed by atoms with Gasteiger partial charge in [0.25, 0.3) is 0 Å². The number of aliphatic hydroxyl groups is 8. The number of hydrogen-bond donors (Lipinski definition) is 9. The summed E-state index contributed by atoms with van der Waals surface area (Å²) < 4.78 is 22.8. The van der Waals surface area contributed by atoms with Crippen molar-refractivity contribution < 1.29 is 64.6 Å². The van der Waals surface area contributed by atoms with Gasteiger partial charge in [0.05, 0.1) is 32.0 Å². The molecule has 2 fully saturated rings. The third-order valence-corrected chi connectivity index (χ3v) is 16.7. The van der Waals surface area contributed by atoms with Crippen LogP contribution in [0.4, 0.5) is 0 Å². The van der Waals surface area contributed by atoms with Gasteiger partial charge in [0.15, 0.2) is 12.6 Å². The van der Waals surface area contributed by atoms with Gasteiger partial charge in [-0.2, -0.15) is 0 Å². The smallest absolute Gasteiger partial charge is 0.220 e. The second-order valence-electron chi connectivity index (χ2n) is 24.0. The van der Waals surface area contributed by atoms with Gasteiger partial charge in [-0.1, -0.05) is 289 Å². The van der Waals surface area contributed by atoms with Crippen molar-refractivity contribution in [3.63, 3.8) is 0 Å². The van der Waals surface area contributed by atoms with Crippen LogP contribution in [0.1, 0.15) is 303 Å². The van der Waals surface area contributed by atoms with E-state index in [1.807, 2.05) is 6.08 Å². The van der Waals surface area contributed by atoms with E-state index in [2.05, 4.69) is 19.2 Å². The lowest BCUT2D eigenvalue weighted by molar-refractivity contribution is -0.359. The van der Waals surface area contributed by atoms with Crippen LogP contribution in [0.5, 0.6) is 0 Å². The molecular formula is C65H125NO13. The quantitative estimate of drug-likeness (QED) is 0.0204. The number of unbranched alkanes of at least 4 members (excludes halogenated alkanes) is 42. The number of rotatable bonds is 55. The Morgan fingerprint density at radius 1 is 0.443 bits per heavy atom. The van der Waals surface area contributed by atoms with E-state index in [-0.39, 0.29) is 18.9 Å². The van der Waals surface area contributed by atoms with E-state index in [4.69, 9.17) is 18.9 Å². The maximum absolute atomic E-state index is 13.3. The fraction of sp³-hybridized carbons (Fsp3) is 0.954. The molecule has 0 aromatic heterocycles. The first-order valence-corrected chi connectivity index (χ1v) is 33.4. The number of amides is 1. The molecule has 2 aliphatic heterocycles. The minimum Gasteiger partial charge on any atom is -0.394 e. The molecule has 0 saturated carbocycles. The molecule has 2 aliphatic rings. The van der Waals surface area contributed by atoms with Gasteiger partial charge in [-0.25, -0.2) is 0 Å². The molecule has 14 heteroatoms. The van der Waals surface area contributed by atoms with Crippen molar-refractivity contribution in [1.29, 1.82) is 0 Å². The molecular weight excluding hydrogens is 1000 g/mol. The van der Waals surface area contributed by atoms with Crippen LogP contribution in [0, 0.1) is 0 Å². The lowest BCUT2D eigenvalue weighted by Gasteiger charge is -2.46. The zero-order valence-corrected chi connectivity index (χ0v) is 50.6. The van der Waals surface area contributed by atoms with Crippen molar-refractivity contribution in [2.75, 3.05) is 19.8 Å². The molecule has 12 unspecified atom stereocenters. The van der Waals surface area contributed by atoms with Crippen molar-refractivity contribution in [1.82, 2.24) is 5.32 Å². The monoisotopic (exact) mass is 1130 g/mol. The summed E-state index contributed by atoms with van der Waals surface area (Å²) in [6.45, 7) is 2.83. The maximum atomic E-state index is 13.3. The highest BCUT2D eigenvalue weighted by atomic mass is 16.7. The molecule has 12 atom stereocenters. The highest BCUT2D eigenvalue weighted by Gasteiger charge is 2.51. The Bertz CT molecular complexity index is 1380. The summed E-state index contributed by atoms with van der Waals surface area (Å²) in [6.07, 6.45) is 44.3. The van der Waals surface area contributed by atoms with E-state index in [1.165, 1.54) is 238 Å². The number of ether oxygens (including phenoxy) is 4. The van der Waals surface area contributed by atoms with Gasteiger partial charge in [-0.05, 0) is 19.3 Å². The normalized spacial score (nSPS) is 24.4. The fourth-order valence-electron chi connectivity index (χ4n) is 11.4. The van der Waals surface area contributed by atoms with Crippen molar-refractivity contribution in [3.05, 3.63) is 12.2 Å². The number of aliphatic hydroxyl groups excluding tert-OH is 8. The van der Waals surface area contributed by atoms with Gasteiger partial charge < -0.3 is 65.1 Å². The summed E-state index contributed by atoms with van der Waals surface area (Å²) in [4.78, 5) is 13.3. The minimum atomic E-state index is -1.79. The molecule has 14 nitrogen and oxygen atoms in total. The van der Waals surface area contributed by atoms with Crippen LogP contribution in [0.3, 0.4) is 0 Å². The Morgan fingerprint density at radius 3 is 1.16 bits per heavy atom. The Balaban J connectivity index is 1.61. The van der Waals surface area contributed by atoms with Gasteiger partial charge >= 0.3 is 0 Å². The van der Waals surface area contributed by atoms with E-state index in [0.717, 1.165) is 38.5 Å². The van der Waals surface area contributed by atoms with Crippen LogP contribution in [0.2, 0.25) is 0 Å². The maximum Gasteiger partial charge on any atom is 0.220 e. The number of allylic oxidation sites excluding steroid dienone is 1. The van der Waals surface area contributed by atoms with Gasteiger partial charge in [0.1, 0.15) is 48.8 Å². The summed E-state index contributed by atoms with van der Waals surface area (Å²) in [7, 11) is 0. The average molecular weight is 1130 g/mol. The first kappa shape index (κ1) is 73.8. The highest BCUT2D eigenvalue weighted by Crippen LogP contribution is 2.30. The number of carbonyl (C=O) groups excluding carboxylic acids is 1. The molecule has 9 N–H and O–H groups in total. The molecule has 79 heavy (non-hydrogen) atoms. The summed E-state index contributed by atoms with van der Waals surface area (Å²) in [5, 5.41) is 87.1. The van der Waals surface area contributed by atoms with Crippen LogP contribution < -0.4 is 5.32 Å². The van der Waals surface area contributed by atoms with E-state index < -0.39 is 86.8 Å². The van der Waals surface area contributed by atoms with Gasteiger partial charge in [-0.15, -0.1) is 0 Å². The van der Waals surface area contributed by atoms with E-state index >= 15 is 0 Å². The molecule has 0 aromatic carbocycles. The fourth-order valence-corrected chi connectivity index (χ4v) is 11.4. The molecule has 468 valence electrons.